The van der Waals surface area contributed by atoms with Crippen LogP contribution in [0.5, 0.6) is 0 Å². The van der Waals surface area contributed by atoms with Gasteiger partial charge < -0.3 is 5.32 Å². The molecule has 1 N–H and O–H groups in total. The lowest BCUT2D eigenvalue weighted by Crippen LogP contribution is -2.32. The largest absolute Gasteiger partial charge is 0.322 e. The van der Waals surface area contributed by atoms with Crippen LogP contribution in [0.15, 0.2) is 41.3 Å². The van der Waals surface area contributed by atoms with Crippen molar-refractivity contribution in [1.82, 2.24) is 4.31 Å². The van der Waals surface area contributed by atoms with Gasteiger partial charge in [0.1, 0.15) is 0 Å². The Hall–Kier alpha value is -1.60. The number of carbonyl (C=O) groups excluding carboxylic acids is 1. The van der Waals surface area contributed by atoms with Gasteiger partial charge in [0.2, 0.25) is 10.0 Å². The second kappa shape index (κ2) is 8.82. The average Bonchev–Trinajstić information content (AvgIpc) is 2.93. The second-order valence-electron chi connectivity index (χ2n) is 6.85. The summed E-state index contributed by atoms with van der Waals surface area (Å²) in [6, 6.07) is 9.66. The van der Waals surface area contributed by atoms with Crippen molar-refractivity contribution in [3.05, 3.63) is 57.6 Å². The van der Waals surface area contributed by atoms with Crippen LogP contribution in [0.4, 0.5) is 5.69 Å². The van der Waals surface area contributed by atoms with Gasteiger partial charge in [0.25, 0.3) is 5.91 Å². The first kappa shape index (κ1) is 21.1. The topological polar surface area (TPSA) is 66.5 Å². The third-order valence-corrected chi connectivity index (χ3v) is 7.49. The molecule has 1 heterocycles. The standard InChI is InChI=1S/C20H22Cl2N2O3S/c1-14-9-10-15(23-20(25)19-16(21)7-6-8-17(19)22)13-18(14)28(26,27)24-11-4-2-3-5-12-24/h6-10,13H,2-5,11-12H2,1H3,(H,23,25). The van der Waals surface area contributed by atoms with Crippen molar-refractivity contribution >= 4 is 44.8 Å². The van der Waals surface area contributed by atoms with E-state index in [1.54, 1.807) is 41.6 Å². The van der Waals surface area contributed by atoms with Crippen LogP contribution in [0.25, 0.3) is 0 Å². The summed E-state index contributed by atoms with van der Waals surface area (Å²) in [7, 11) is -3.63. The van der Waals surface area contributed by atoms with Crippen LogP contribution in [0.1, 0.15) is 41.6 Å². The summed E-state index contributed by atoms with van der Waals surface area (Å²) in [4.78, 5) is 12.8. The minimum absolute atomic E-state index is 0.156. The maximum absolute atomic E-state index is 13.1. The van der Waals surface area contributed by atoms with Gasteiger partial charge in [0, 0.05) is 18.8 Å². The van der Waals surface area contributed by atoms with Crippen molar-refractivity contribution in [2.75, 3.05) is 18.4 Å². The van der Waals surface area contributed by atoms with Crippen LogP contribution in [0.2, 0.25) is 10.0 Å². The predicted molar refractivity (Wildman–Crippen MR) is 113 cm³/mol. The van der Waals surface area contributed by atoms with Crippen molar-refractivity contribution in [3.63, 3.8) is 0 Å². The van der Waals surface area contributed by atoms with E-state index in [-0.39, 0.29) is 20.5 Å². The molecule has 1 fully saturated rings. The van der Waals surface area contributed by atoms with Gasteiger partial charge in [0.15, 0.2) is 0 Å². The second-order valence-corrected chi connectivity index (χ2v) is 9.57. The molecule has 1 saturated heterocycles. The molecule has 1 aliphatic rings. The lowest BCUT2D eigenvalue weighted by molar-refractivity contribution is 0.102. The van der Waals surface area contributed by atoms with Crippen LogP contribution in [0, 0.1) is 6.92 Å². The smallest absolute Gasteiger partial charge is 0.258 e. The first-order valence-corrected chi connectivity index (χ1v) is 11.4. The molecular weight excluding hydrogens is 419 g/mol. The minimum Gasteiger partial charge on any atom is -0.322 e. The molecule has 3 rings (SSSR count). The maximum Gasteiger partial charge on any atom is 0.258 e. The molecule has 0 aliphatic carbocycles. The number of anilines is 1. The van der Waals surface area contributed by atoms with E-state index in [1.165, 1.54) is 6.07 Å². The number of amides is 1. The predicted octanol–water partition coefficient (Wildman–Crippen LogP) is 5.12. The molecule has 1 amide bonds. The molecule has 0 saturated carbocycles. The number of rotatable bonds is 4. The first-order valence-electron chi connectivity index (χ1n) is 9.17. The highest BCUT2D eigenvalue weighted by atomic mass is 35.5. The van der Waals surface area contributed by atoms with E-state index >= 15 is 0 Å². The van der Waals surface area contributed by atoms with Crippen LogP contribution in [-0.2, 0) is 10.0 Å². The Morgan fingerprint density at radius 1 is 1.00 bits per heavy atom. The van der Waals surface area contributed by atoms with Crippen LogP contribution in [-0.4, -0.2) is 31.7 Å². The zero-order valence-electron chi connectivity index (χ0n) is 15.5. The van der Waals surface area contributed by atoms with E-state index in [0.29, 0.717) is 24.3 Å². The van der Waals surface area contributed by atoms with Crippen LogP contribution in [0.3, 0.4) is 0 Å². The summed E-state index contributed by atoms with van der Waals surface area (Å²) < 4.78 is 27.8. The molecule has 0 atom stereocenters. The van der Waals surface area contributed by atoms with Crippen LogP contribution >= 0.6 is 23.2 Å². The number of carbonyl (C=O) groups is 1. The zero-order chi connectivity index (χ0) is 20.3. The molecule has 0 spiro atoms. The van der Waals surface area contributed by atoms with Gasteiger partial charge in [-0.05, 0) is 49.6 Å². The third-order valence-electron chi connectivity index (χ3n) is 4.82. The number of benzene rings is 2. The SMILES string of the molecule is Cc1ccc(NC(=O)c2c(Cl)cccc2Cl)cc1S(=O)(=O)N1CCCCCC1. The van der Waals surface area contributed by atoms with E-state index in [2.05, 4.69) is 5.32 Å². The van der Waals surface area contributed by atoms with E-state index in [9.17, 15) is 13.2 Å². The highest BCUT2D eigenvalue weighted by Gasteiger charge is 2.27. The van der Waals surface area contributed by atoms with Gasteiger partial charge in [-0.2, -0.15) is 4.31 Å². The molecule has 150 valence electrons. The van der Waals surface area contributed by atoms with E-state index in [4.69, 9.17) is 23.2 Å². The molecule has 8 heteroatoms. The van der Waals surface area contributed by atoms with Crippen molar-refractivity contribution in [2.45, 2.75) is 37.5 Å². The van der Waals surface area contributed by atoms with Crippen LogP contribution < -0.4 is 5.32 Å². The number of nitrogens with one attached hydrogen (secondary N) is 1. The number of hydrogen-bond donors (Lipinski definition) is 1. The third kappa shape index (κ3) is 4.51. The van der Waals surface area contributed by atoms with Crippen molar-refractivity contribution in [1.29, 1.82) is 0 Å². The fourth-order valence-electron chi connectivity index (χ4n) is 3.29. The number of nitrogens with zero attached hydrogens (tertiary/aromatic N) is 1. The van der Waals surface area contributed by atoms with Crippen molar-refractivity contribution < 1.29 is 13.2 Å². The zero-order valence-corrected chi connectivity index (χ0v) is 17.9. The lowest BCUT2D eigenvalue weighted by atomic mass is 10.2. The number of sulfonamides is 1. The fraction of sp³-hybridized carbons (Fsp3) is 0.350. The molecule has 0 radical (unpaired) electrons. The quantitative estimate of drug-likeness (QED) is 0.716. The summed E-state index contributed by atoms with van der Waals surface area (Å²) in [6.07, 6.45) is 3.80. The molecule has 0 unspecified atom stereocenters. The van der Waals surface area contributed by atoms with E-state index in [0.717, 1.165) is 25.7 Å². The van der Waals surface area contributed by atoms with Crippen molar-refractivity contribution in [2.24, 2.45) is 0 Å². The minimum atomic E-state index is -3.63. The summed E-state index contributed by atoms with van der Waals surface area (Å²) in [6.45, 7) is 2.79. The molecule has 5 nitrogen and oxygen atoms in total. The van der Waals surface area contributed by atoms with E-state index in [1.807, 2.05) is 0 Å². The molecule has 0 bridgehead atoms. The van der Waals surface area contributed by atoms with Gasteiger partial charge >= 0.3 is 0 Å². The fourth-order valence-corrected chi connectivity index (χ4v) is 5.62. The molecule has 2 aromatic rings. The molecule has 0 aromatic heterocycles. The number of halogens is 2. The number of aryl methyl sites for hydroxylation is 1. The Bertz CT molecular complexity index is 965. The lowest BCUT2D eigenvalue weighted by Gasteiger charge is -2.21. The molecular formula is C20H22Cl2N2O3S. The normalized spacial score (nSPS) is 15.8. The van der Waals surface area contributed by atoms with Gasteiger partial charge in [-0.15, -0.1) is 0 Å². The Labute approximate surface area is 175 Å². The molecule has 28 heavy (non-hydrogen) atoms. The maximum atomic E-state index is 13.1. The van der Waals surface area contributed by atoms with Gasteiger partial charge in [-0.3, -0.25) is 4.79 Å². The van der Waals surface area contributed by atoms with Gasteiger partial charge in [-0.25, -0.2) is 8.42 Å². The summed E-state index contributed by atoms with van der Waals surface area (Å²) in [5.41, 5.74) is 1.17. The summed E-state index contributed by atoms with van der Waals surface area (Å²) in [5, 5.41) is 3.17. The number of hydrogen-bond acceptors (Lipinski definition) is 3. The Balaban J connectivity index is 1.90. The van der Waals surface area contributed by atoms with E-state index < -0.39 is 15.9 Å². The Kier molecular flexibility index (Phi) is 6.65. The Morgan fingerprint density at radius 3 is 2.21 bits per heavy atom. The average molecular weight is 441 g/mol. The Morgan fingerprint density at radius 2 is 1.61 bits per heavy atom. The highest BCUT2D eigenvalue weighted by molar-refractivity contribution is 7.89. The van der Waals surface area contributed by atoms with Crippen molar-refractivity contribution in [3.8, 4) is 0 Å². The van der Waals surface area contributed by atoms with Gasteiger partial charge in [-0.1, -0.05) is 48.2 Å². The molecule has 1 aliphatic heterocycles. The molecule has 2 aromatic carbocycles. The summed E-state index contributed by atoms with van der Waals surface area (Å²) in [5.74, 6) is -0.488. The highest BCUT2D eigenvalue weighted by Crippen LogP contribution is 2.28. The van der Waals surface area contributed by atoms with Gasteiger partial charge in [0.05, 0.1) is 20.5 Å². The monoisotopic (exact) mass is 440 g/mol. The first-order chi connectivity index (χ1) is 13.3. The summed E-state index contributed by atoms with van der Waals surface area (Å²) >= 11 is 12.2.